The summed E-state index contributed by atoms with van der Waals surface area (Å²) in [5.41, 5.74) is 1.53. The zero-order valence-corrected chi connectivity index (χ0v) is 13.7. The third-order valence-electron chi connectivity index (χ3n) is 3.23. The standard InChI is InChI=1S/C18H13BrN2O2/c19-15-10-8-13(9-11-15)12-20-23-18(22)21-17-7-3-5-14-4-1-2-6-16(14)17/h1-12H,(H,21,22)/b20-12+. The average molecular weight is 369 g/mol. The van der Waals surface area contributed by atoms with Crippen molar-refractivity contribution in [2.45, 2.75) is 0 Å². The predicted octanol–water partition coefficient (Wildman–Crippen LogP) is 5.18. The normalized spacial score (nSPS) is 10.8. The molecule has 0 aliphatic carbocycles. The number of hydrogen-bond acceptors (Lipinski definition) is 3. The fourth-order valence-corrected chi connectivity index (χ4v) is 2.42. The predicted molar refractivity (Wildman–Crippen MR) is 95.8 cm³/mol. The first-order valence-electron chi connectivity index (χ1n) is 6.97. The number of nitrogens with zero attached hydrogens (tertiary/aromatic N) is 1. The van der Waals surface area contributed by atoms with Crippen LogP contribution < -0.4 is 5.32 Å². The number of amides is 1. The molecule has 1 N–H and O–H groups in total. The first kappa shape index (κ1) is 15.2. The van der Waals surface area contributed by atoms with Crippen molar-refractivity contribution in [3.8, 4) is 0 Å². The van der Waals surface area contributed by atoms with E-state index in [4.69, 9.17) is 4.84 Å². The molecular formula is C18H13BrN2O2. The van der Waals surface area contributed by atoms with E-state index in [9.17, 15) is 4.79 Å². The third kappa shape index (κ3) is 3.96. The number of nitrogens with one attached hydrogen (secondary N) is 1. The molecule has 5 heteroatoms. The number of carbonyl (C=O) groups excluding carboxylic acids is 1. The summed E-state index contributed by atoms with van der Waals surface area (Å²) in [4.78, 5) is 16.7. The molecule has 3 aromatic carbocycles. The van der Waals surface area contributed by atoms with E-state index >= 15 is 0 Å². The molecule has 0 unspecified atom stereocenters. The molecule has 0 atom stereocenters. The summed E-state index contributed by atoms with van der Waals surface area (Å²) >= 11 is 3.35. The Balaban J connectivity index is 1.66. The second kappa shape index (κ2) is 7.07. The quantitative estimate of drug-likeness (QED) is 0.393. The van der Waals surface area contributed by atoms with Crippen LogP contribution in [0.15, 0.2) is 76.4 Å². The molecule has 0 saturated heterocycles. The van der Waals surface area contributed by atoms with E-state index in [2.05, 4.69) is 26.4 Å². The van der Waals surface area contributed by atoms with E-state index in [1.807, 2.05) is 66.7 Å². The number of halogens is 1. The summed E-state index contributed by atoms with van der Waals surface area (Å²) in [5, 5.41) is 8.39. The van der Waals surface area contributed by atoms with Gasteiger partial charge in [-0.1, -0.05) is 69.6 Å². The van der Waals surface area contributed by atoms with Crippen LogP contribution in [0.4, 0.5) is 10.5 Å². The van der Waals surface area contributed by atoms with Crippen LogP contribution in [-0.2, 0) is 4.84 Å². The fraction of sp³-hybridized carbons (Fsp3) is 0. The average Bonchev–Trinajstić information content (AvgIpc) is 2.57. The Labute approximate surface area is 141 Å². The first-order valence-corrected chi connectivity index (χ1v) is 7.76. The number of fused-ring (bicyclic) bond motifs is 1. The summed E-state index contributed by atoms with van der Waals surface area (Å²) in [6.07, 6.45) is 0.851. The summed E-state index contributed by atoms with van der Waals surface area (Å²) < 4.78 is 0.976. The van der Waals surface area contributed by atoms with E-state index in [0.29, 0.717) is 5.69 Å². The lowest BCUT2D eigenvalue weighted by Crippen LogP contribution is -2.11. The number of oxime groups is 1. The van der Waals surface area contributed by atoms with Gasteiger partial charge in [-0.3, -0.25) is 10.2 Å². The largest absolute Gasteiger partial charge is 0.437 e. The second-order valence-electron chi connectivity index (χ2n) is 4.82. The van der Waals surface area contributed by atoms with Crippen molar-refractivity contribution in [2.24, 2.45) is 5.16 Å². The molecule has 4 nitrogen and oxygen atoms in total. The molecule has 3 aromatic rings. The van der Waals surface area contributed by atoms with Crippen molar-refractivity contribution in [3.05, 3.63) is 76.8 Å². The summed E-state index contributed by atoms with van der Waals surface area (Å²) in [6, 6.07) is 21.0. The minimum atomic E-state index is -0.630. The van der Waals surface area contributed by atoms with Gasteiger partial charge in [-0.05, 0) is 29.1 Å². The molecule has 114 valence electrons. The number of rotatable bonds is 3. The number of carbonyl (C=O) groups is 1. The van der Waals surface area contributed by atoms with Gasteiger partial charge in [0.15, 0.2) is 0 Å². The summed E-state index contributed by atoms with van der Waals surface area (Å²) in [5.74, 6) is 0. The van der Waals surface area contributed by atoms with Gasteiger partial charge in [-0.2, -0.15) is 0 Å². The van der Waals surface area contributed by atoms with Crippen LogP contribution in [0.1, 0.15) is 5.56 Å². The Morgan fingerprint density at radius 2 is 1.74 bits per heavy atom. The maximum absolute atomic E-state index is 11.8. The summed E-state index contributed by atoms with van der Waals surface area (Å²) in [6.45, 7) is 0. The van der Waals surface area contributed by atoms with E-state index in [1.54, 1.807) is 0 Å². The highest BCUT2D eigenvalue weighted by Gasteiger charge is 2.05. The maximum Gasteiger partial charge on any atom is 0.437 e. The number of anilines is 1. The van der Waals surface area contributed by atoms with Crippen molar-refractivity contribution in [1.29, 1.82) is 0 Å². The molecule has 0 spiro atoms. The fourth-order valence-electron chi connectivity index (χ4n) is 2.15. The molecule has 0 heterocycles. The molecule has 3 rings (SSSR count). The van der Waals surface area contributed by atoms with Gasteiger partial charge in [-0.25, -0.2) is 4.79 Å². The Kier molecular flexibility index (Phi) is 4.68. The summed E-state index contributed by atoms with van der Waals surface area (Å²) in [7, 11) is 0. The SMILES string of the molecule is O=C(Nc1cccc2ccccc12)O/N=C/c1ccc(Br)cc1. The lowest BCUT2D eigenvalue weighted by molar-refractivity contribution is 0.167. The van der Waals surface area contributed by atoms with Crippen molar-refractivity contribution in [2.75, 3.05) is 5.32 Å². The van der Waals surface area contributed by atoms with E-state index in [0.717, 1.165) is 20.8 Å². The Morgan fingerprint density at radius 3 is 2.57 bits per heavy atom. The van der Waals surface area contributed by atoms with Crippen molar-refractivity contribution in [1.82, 2.24) is 0 Å². The van der Waals surface area contributed by atoms with Crippen LogP contribution >= 0.6 is 15.9 Å². The van der Waals surface area contributed by atoms with E-state index < -0.39 is 6.09 Å². The van der Waals surface area contributed by atoms with Gasteiger partial charge in [-0.15, -0.1) is 0 Å². The lowest BCUT2D eigenvalue weighted by atomic mass is 10.1. The molecule has 0 aliphatic rings. The van der Waals surface area contributed by atoms with Gasteiger partial charge in [0, 0.05) is 9.86 Å². The minimum Gasteiger partial charge on any atom is -0.298 e. The molecule has 0 aliphatic heterocycles. The molecular weight excluding hydrogens is 356 g/mol. The molecule has 0 aromatic heterocycles. The second-order valence-corrected chi connectivity index (χ2v) is 5.73. The van der Waals surface area contributed by atoms with Gasteiger partial charge in [0.25, 0.3) is 0 Å². The van der Waals surface area contributed by atoms with Crippen LogP contribution in [0.25, 0.3) is 10.8 Å². The van der Waals surface area contributed by atoms with Crippen molar-refractivity contribution < 1.29 is 9.63 Å². The van der Waals surface area contributed by atoms with Crippen LogP contribution in [-0.4, -0.2) is 12.3 Å². The van der Waals surface area contributed by atoms with Crippen LogP contribution in [0.2, 0.25) is 0 Å². The number of hydrogen-bond donors (Lipinski definition) is 1. The Morgan fingerprint density at radius 1 is 1.00 bits per heavy atom. The Bertz CT molecular complexity index is 855. The molecule has 0 fully saturated rings. The minimum absolute atomic E-state index is 0.630. The van der Waals surface area contributed by atoms with Gasteiger partial charge >= 0.3 is 6.09 Å². The van der Waals surface area contributed by atoms with Crippen LogP contribution in [0.5, 0.6) is 0 Å². The lowest BCUT2D eigenvalue weighted by Gasteiger charge is -2.06. The highest BCUT2D eigenvalue weighted by atomic mass is 79.9. The topological polar surface area (TPSA) is 50.7 Å². The van der Waals surface area contributed by atoms with Gasteiger partial charge in [0.2, 0.25) is 0 Å². The molecule has 0 bridgehead atoms. The van der Waals surface area contributed by atoms with E-state index in [-0.39, 0.29) is 0 Å². The van der Waals surface area contributed by atoms with Crippen LogP contribution in [0, 0.1) is 0 Å². The van der Waals surface area contributed by atoms with Gasteiger partial charge < -0.3 is 0 Å². The first-order chi connectivity index (χ1) is 11.2. The highest BCUT2D eigenvalue weighted by Crippen LogP contribution is 2.22. The van der Waals surface area contributed by atoms with Crippen molar-refractivity contribution >= 4 is 44.7 Å². The highest BCUT2D eigenvalue weighted by molar-refractivity contribution is 9.10. The van der Waals surface area contributed by atoms with E-state index in [1.165, 1.54) is 6.21 Å². The zero-order valence-electron chi connectivity index (χ0n) is 12.1. The molecule has 0 radical (unpaired) electrons. The van der Waals surface area contributed by atoms with Gasteiger partial charge in [0.1, 0.15) is 0 Å². The number of benzene rings is 3. The van der Waals surface area contributed by atoms with Crippen LogP contribution in [0.3, 0.4) is 0 Å². The molecule has 1 amide bonds. The maximum atomic E-state index is 11.8. The van der Waals surface area contributed by atoms with Gasteiger partial charge in [0.05, 0.1) is 11.9 Å². The zero-order chi connectivity index (χ0) is 16.1. The smallest absolute Gasteiger partial charge is 0.298 e. The monoisotopic (exact) mass is 368 g/mol. The molecule has 23 heavy (non-hydrogen) atoms. The molecule has 0 saturated carbocycles. The Hall–Kier alpha value is -2.66. The van der Waals surface area contributed by atoms with Crippen molar-refractivity contribution in [3.63, 3.8) is 0 Å². The third-order valence-corrected chi connectivity index (χ3v) is 3.76.